The Kier molecular flexibility index (Phi) is 17.0. The van der Waals surface area contributed by atoms with Gasteiger partial charge in [-0.05, 0) is 79.3 Å². The first-order chi connectivity index (χ1) is 21.2. The van der Waals surface area contributed by atoms with Crippen LogP contribution in [-0.4, -0.2) is 0 Å². The van der Waals surface area contributed by atoms with Gasteiger partial charge in [-0.2, -0.15) is 0 Å². The number of rotatable bonds is 18. The van der Waals surface area contributed by atoms with E-state index in [0.29, 0.717) is 11.1 Å². The Bertz CT molecular complexity index is 1290. The molecule has 3 rings (SSSR count). The van der Waals surface area contributed by atoms with Crippen molar-refractivity contribution >= 4 is 0 Å². The van der Waals surface area contributed by atoms with Gasteiger partial charge in [-0.25, -0.2) is 4.39 Å². The van der Waals surface area contributed by atoms with Crippen LogP contribution in [0.2, 0.25) is 0 Å². The summed E-state index contributed by atoms with van der Waals surface area (Å²) in [5.74, 6) is 12.1. The van der Waals surface area contributed by atoms with E-state index in [2.05, 4.69) is 73.9 Å². The van der Waals surface area contributed by atoms with Crippen LogP contribution < -0.4 is 0 Å². The van der Waals surface area contributed by atoms with Crippen molar-refractivity contribution < 1.29 is 4.39 Å². The number of benzene rings is 3. The van der Waals surface area contributed by atoms with Gasteiger partial charge in [0.1, 0.15) is 5.82 Å². The van der Waals surface area contributed by atoms with Crippen LogP contribution in [0.3, 0.4) is 0 Å². The van der Waals surface area contributed by atoms with E-state index in [9.17, 15) is 4.39 Å². The molecule has 0 N–H and O–H groups in total. The average molecular weight is 577 g/mol. The van der Waals surface area contributed by atoms with E-state index in [-0.39, 0.29) is 5.82 Å². The first-order valence-electron chi connectivity index (χ1n) is 17.2. The molecule has 0 unspecified atom stereocenters. The average Bonchev–Trinajstić information content (AvgIpc) is 3.03. The van der Waals surface area contributed by atoms with Gasteiger partial charge in [0.05, 0.1) is 5.56 Å². The second kappa shape index (κ2) is 21.4. The lowest BCUT2D eigenvalue weighted by Gasteiger charge is -2.03. The van der Waals surface area contributed by atoms with E-state index in [1.807, 2.05) is 18.2 Å². The van der Waals surface area contributed by atoms with Crippen LogP contribution in [0.4, 0.5) is 4.39 Å². The molecule has 0 saturated carbocycles. The largest absolute Gasteiger partial charge is 0.206 e. The molecule has 0 nitrogen and oxygen atoms in total. The van der Waals surface area contributed by atoms with E-state index in [4.69, 9.17) is 0 Å². The molecule has 228 valence electrons. The summed E-state index contributed by atoms with van der Waals surface area (Å²) in [5.41, 5.74) is 5.64. The minimum absolute atomic E-state index is 0.327. The molecular formula is C42H53F. The molecule has 0 aromatic heterocycles. The molecular weight excluding hydrogens is 523 g/mol. The molecule has 0 saturated heterocycles. The van der Waals surface area contributed by atoms with Crippen molar-refractivity contribution in [2.45, 2.75) is 129 Å². The van der Waals surface area contributed by atoms with Crippen LogP contribution in [0.1, 0.15) is 150 Å². The molecule has 1 heteroatoms. The summed E-state index contributed by atoms with van der Waals surface area (Å²) in [6.45, 7) is 4.53. The molecule has 0 aliphatic carbocycles. The Morgan fingerprint density at radius 3 is 1.23 bits per heavy atom. The van der Waals surface area contributed by atoms with Crippen molar-refractivity contribution in [3.8, 4) is 23.7 Å². The van der Waals surface area contributed by atoms with Gasteiger partial charge in [0.2, 0.25) is 0 Å². The summed E-state index contributed by atoms with van der Waals surface area (Å²) in [5, 5.41) is 0. The predicted octanol–water partition coefficient (Wildman–Crippen LogP) is 12.0. The zero-order valence-corrected chi connectivity index (χ0v) is 27.0. The quantitative estimate of drug-likeness (QED) is 0.104. The van der Waals surface area contributed by atoms with Gasteiger partial charge in [0.15, 0.2) is 0 Å². The molecule has 0 heterocycles. The van der Waals surface area contributed by atoms with Gasteiger partial charge < -0.3 is 0 Å². The van der Waals surface area contributed by atoms with Crippen molar-refractivity contribution in [3.63, 3.8) is 0 Å². The molecule has 0 bridgehead atoms. The number of hydrogen-bond acceptors (Lipinski definition) is 0. The maximum atomic E-state index is 14.8. The third kappa shape index (κ3) is 14.6. The lowest BCUT2D eigenvalue weighted by molar-refractivity contribution is 0.575. The van der Waals surface area contributed by atoms with Crippen molar-refractivity contribution in [3.05, 3.63) is 106 Å². The first-order valence-corrected chi connectivity index (χ1v) is 17.2. The Balaban J connectivity index is 1.40. The summed E-state index contributed by atoms with van der Waals surface area (Å²) >= 11 is 0. The van der Waals surface area contributed by atoms with Crippen LogP contribution in [-0.2, 0) is 12.8 Å². The third-order valence-electron chi connectivity index (χ3n) is 8.21. The smallest absolute Gasteiger partial charge is 0.140 e. The van der Waals surface area contributed by atoms with Gasteiger partial charge in [-0.15, -0.1) is 0 Å². The topological polar surface area (TPSA) is 0 Å². The Labute approximate surface area is 262 Å². The molecule has 3 aromatic rings. The number of halogens is 1. The fraction of sp³-hybridized carbons (Fsp3) is 0.476. The second-order valence-electron chi connectivity index (χ2n) is 12.0. The van der Waals surface area contributed by atoms with Gasteiger partial charge in [0, 0.05) is 16.7 Å². The monoisotopic (exact) mass is 576 g/mol. The highest BCUT2D eigenvalue weighted by Gasteiger charge is 2.01. The molecule has 0 aliphatic rings. The normalized spacial score (nSPS) is 10.6. The minimum atomic E-state index is -0.327. The minimum Gasteiger partial charge on any atom is -0.206 e. The fourth-order valence-electron chi connectivity index (χ4n) is 5.41. The Morgan fingerprint density at radius 1 is 0.419 bits per heavy atom. The first kappa shape index (κ1) is 34.2. The van der Waals surface area contributed by atoms with Crippen LogP contribution in [0.15, 0.2) is 66.7 Å². The molecule has 0 amide bonds. The summed E-state index contributed by atoms with van der Waals surface area (Å²) in [6.07, 6.45) is 23.7. The van der Waals surface area contributed by atoms with E-state index in [1.165, 1.54) is 120 Å². The van der Waals surface area contributed by atoms with Crippen molar-refractivity contribution in [2.24, 2.45) is 0 Å². The zero-order chi connectivity index (χ0) is 30.4. The molecule has 0 radical (unpaired) electrons. The maximum Gasteiger partial charge on any atom is 0.140 e. The van der Waals surface area contributed by atoms with Gasteiger partial charge in [-0.1, -0.05) is 152 Å². The summed E-state index contributed by atoms with van der Waals surface area (Å²) in [6, 6.07) is 22.0. The molecule has 0 aliphatic heterocycles. The summed E-state index contributed by atoms with van der Waals surface area (Å²) < 4.78 is 14.8. The lowest BCUT2D eigenvalue weighted by atomic mass is 10.0. The van der Waals surface area contributed by atoms with E-state index in [1.54, 1.807) is 6.07 Å². The number of hydrogen-bond donors (Lipinski definition) is 0. The highest BCUT2D eigenvalue weighted by atomic mass is 19.1. The molecule has 0 spiro atoms. The summed E-state index contributed by atoms with van der Waals surface area (Å²) in [4.78, 5) is 0. The predicted molar refractivity (Wildman–Crippen MR) is 184 cm³/mol. The van der Waals surface area contributed by atoms with Crippen molar-refractivity contribution in [2.75, 3.05) is 0 Å². The van der Waals surface area contributed by atoms with Gasteiger partial charge in [-0.3, -0.25) is 0 Å². The Morgan fingerprint density at radius 2 is 0.791 bits per heavy atom. The van der Waals surface area contributed by atoms with Gasteiger partial charge >= 0.3 is 0 Å². The Hall–Kier alpha value is -3.29. The standard InChI is InChI=1S/C42H53F/c1-3-5-7-9-11-13-15-17-19-36-21-25-38(26-22-36)29-30-40-32-34-41(42(43)35-40)33-31-39-27-23-37(24-28-39)20-18-16-14-12-10-8-6-4-2/h21-28,32,34-35H,3-20H2,1-2H3. The molecule has 43 heavy (non-hydrogen) atoms. The zero-order valence-electron chi connectivity index (χ0n) is 27.0. The lowest BCUT2D eigenvalue weighted by Crippen LogP contribution is -1.88. The van der Waals surface area contributed by atoms with E-state index < -0.39 is 0 Å². The second-order valence-corrected chi connectivity index (χ2v) is 12.0. The van der Waals surface area contributed by atoms with Crippen molar-refractivity contribution in [1.82, 2.24) is 0 Å². The third-order valence-corrected chi connectivity index (χ3v) is 8.21. The summed E-state index contributed by atoms with van der Waals surface area (Å²) in [7, 11) is 0. The van der Waals surface area contributed by atoms with Crippen LogP contribution in [0.5, 0.6) is 0 Å². The number of aryl methyl sites for hydroxylation is 2. The molecule has 3 aromatic carbocycles. The highest BCUT2D eigenvalue weighted by molar-refractivity contribution is 5.49. The van der Waals surface area contributed by atoms with Crippen LogP contribution in [0, 0.1) is 29.5 Å². The van der Waals surface area contributed by atoms with E-state index in [0.717, 1.165) is 24.0 Å². The van der Waals surface area contributed by atoms with Crippen molar-refractivity contribution in [1.29, 1.82) is 0 Å². The number of unbranched alkanes of at least 4 members (excludes halogenated alkanes) is 14. The molecule has 0 atom stereocenters. The van der Waals surface area contributed by atoms with Crippen LogP contribution in [0.25, 0.3) is 0 Å². The van der Waals surface area contributed by atoms with Gasteiger partial charge in [0.25, 0.3) is 0 Å². The van der Waals surface area contributed by atoms with Crippen LogP contribution >= 0.6 is 0 Å². The SMILES string of the molecule is CCCCCCCCCCc1ccc(C#Cc2ccc(C#Cc3ccc(CCCCCCCCCC)cc3)c(F)c2)cc1. The van der Waals surface area contributed by atoms with E-state index >= 15 is 0 Å². The fourth-order valence-corrected chi connectivity index (χ4v) is 5.41. The maximum absolute atomic E-state index is 14.8. The highest BCUT2D eigenvalue weighted by Crippen LogP contribution is 2.15. The molecule has 0 fully saturated rings.